The fourth-order valence-corrected chi connectivity index (χ4v) is 2.60. The van der Waals surface area contributed by atoms with E-state index < -0.39 is 0 Å². The summed E-state index contributed by atoms with van der Waals surface area (Å²) in [5.74, 6) is 0.913. The van der Waals surface area contributed by atoms with Crippen LogP contribution in [-0.4, -0.2) is 9.55 Å². The van der Waals surface area contributed by atoms with Crippen LogP contribution < -0.4 is 5.63 Å². The molecular weight excluding hydrogens is 276 g/mol. The lowest BCUT2D eigenvalue weighted by Crippen LogP contribution is -2.02. The first-order chi connectivity index (χ1) is 10.7. The van der Waals surface area contributed by atoms with Gasteiger partial charge in [0.1, 0.15) is 11.4 Å². The predicted molar refractivity (Wildman–Crippen MR) is 86.5 cm³/mol. The molecule has 1 aliphatic rings. The standard InChI is InChI=1S/C18H14N2O2/c1-12-6-7-17-19-15(11-20(17)9-8-12)14-10-13-4-2-3-5-16(13)22-18(14)21/h2-6,8-11H,7H2,1H3. The molecule has 0 aliphatic carbocycles. The quantitative estimate of drug-likeness (QED) is 0.643. The van der Waals surface area contributed by atoms with Crippen molar-refractivity contribution in [2.45, 2.75) is 13.3 Å². The van der Waals surface area contributed by atoms with E-state index in [4.69, 9.17) is 4.42 Å². The third-order valence-corrected chi connectivity index (χ3v) is 3.83. The van der Waals surface area contributed by atoms with Crippen LogP contribution >= 0.6 is 0 Å². The van der Waals surface area contributed by atoms with E-state index >= 15 is 0 Å². The predicted octanol–water partition coefficient (Wildman–Crippen LogP) is 3.63. The highest BCUT2D eigenvalue weighted by atomic mass is 16.4. The summed E-state index contributed by atoms with van der Waals surface area (Å²) >= 11 is 0. The van der Waals surface area contributed by atoms with Gasteiger partial charge in [-0.1, -0.05) is 29.8 Å². The Bertz CT molecular complexity index is 990. The highest BCUT2D eigenvalue weighted by Crippen LogP contribution is 2.22. The van der Waals surface area contributed by atoms with Gasteiger partial charge in [0, 0.05) is 24.2 Å². The van der Waals surface area contributed by atoms with Gasteiger partial charge in [-0.2, -0.15) is 0 Å². The molecule has 108 valence electrons. The molecule has 0 N–H and O–H groups in total. The van der Waals surface area contributed by atoms with Gasteiger partial charge >= 0.3 is 5.63 Å². The molecule has 0 unspecified atom stereocenters. The number of allylic oxidation sites excluding steroid dienone is 3. The zero-order valence-corrected chi connectivity index (χ0v) is 12.1. The second-order valence-corrected chi connectivity index (χ2v) is 5.40. The first-order valence-electron chi connectivity index (χ1n) is 7.17. The van der Waals surface area contributed by atoms with Gasteiger partial charge in [0.05, 0.1) is 11.3 Å². The Morgan fingerprint density at radius 1 is 1.27 bits per heavy atom. The van der Waals surface area contributed by atoms with Crippen LogP contribution in [0.2, 0.25) is 0 Å². The van der Waals surface area contributed by atoms with Gasteiger partial charge < -0.3 is 8.98 Å². The lowest BCUT2D eigenvalue weighted by molar-refractivity contribution is 0.563. The number of imidazole rings is 1. The highest BCUT2D eigenvalue weighted by molar-refractivity contribution is 5.80. The fraction of sp³-hybridized carbons (Fsp3) is 0.111. The molecule has 0 spiro atoms. The average Bonchev–Trinajstić information content (AvgIpc) is 2.85. The fourth-order valence-electron chi connectivity index (χ4n) is 2.60. The maximum Gasteiger partial charge on any atom is 0.345 e. The molecule has 0 saturated heterocycles. The maximum atomic E-state index is 12.2. The minimum atomic E-state index is -0.359. The van der Waals surface area contributed by atoms with Crippen LogP contribution in [0, 0.1) is 0 Å². The Morgan fingerprint density at radius 2 is 2.14 bits per heavy atom. The molecule has 0 bridgehead atoms. The van der Waals surface area contributed by atoms with Gasteiger partial charge in [-0.25, -0.2) is 9.78 Å². The molecule has 4 nitrogen and oxygen atoms in total. The van der Waals surface area contributed by atoms with Gasteiger partial charge in [-0.3, -0.25) is 0 Å². The molecule has 3 aromatic rings. The van der Waals surface area contributed by atoms with Crippen molar-refractivity contribution in [2.24, 2.45) is 0 Å². The highest BCUT2D eigenvalue weighted by Gasteiger charge is 2.14. The average molecular weight is 290 g/mol. The van der Waals surface area contributed by atoms with E-state index in [1.807, 2.05) is 47.3 Å². The van der Waals surface area contributed by atoms with Crippen molar-refractivity contribution in [1.29, 1.82) is 0 Å². The summed E-state index contributed by atoms with van der Waals surface area (Å²) in [7, 11) is 0. The first kappa shape index (κ1) is 12.8. The molecule has 2 aromatic heterocycles. The number of nitrogens with zero attached hydrogens (tertiary/aromatic N) is 2. The molecule has 0 atom stereocenters. The topological polar surface area (TPSA) is 48.0 Å². The Morgan fingerprint density at radius 3 is 3.05 bits per heavy atom. The van der Waals surface area contributed by atoms with Gasteiger partial charge in [0.15, 0.2) is 0 Å². The van der Waals surface area contributed by atoms with E-state index in [2.05, 4.69) is 18.0 Å². The van der Waals surface area contributed by atoms with Gasteiger partial charge in [0.2, 0.25) is 0 Å². The van der Waals surface area contributed by atoms with Crippen molar-refractivity contribution in [2.75, 3.05) is 0 Å². The Labute approximate surface area is 127 Å². The summed E-state index contributed by atoms with van der Waals surface area (Å²) in [5.41, 5.74) is 2.58. The Balaban J connectivity index is 1.87. The van der Waals surface area contributed by atoms with Crippen molar-refractivity contribution in [3.63, 3.8) is 0 Å². The van der Waals surface area contributed by atoms with Crippen LogP contribution in [0.15, 0.2) is 63.5 Å². The van der Waals surface area contributed by atoms with Gasteiger partial charge in [0.25, 0.3) is 0 Å². The molecule has 0 saturated carbocycles. The molecular formula is C18H14N2O2. The minimum Gasteiger partial charge on any atom is -0.422 e. The van der Waals surface area contributed by atoms with Crippen molar-refractivity contribution >= 4 is 17.2 Å². The second-order valence-electron chi connectivity index (χ2n) is 5.40. The van der Waals surface area contributed by atoms with Gasteiger partial charge in [-0.15, -0.1) is 0 Å². The lowest BCUT2D eigenvalue weighted by atomic mass is 10.1. The summed E-state index contributed by atoms with van der Waals surface area (Å²) in [5, 5.41) is 0.895. The van der Waals surface area contributed by atoms with Crippen LogP contribution in [0.5, 0.6) is 0 Å². The largest absolute Gasteiger partial charge is 0.422 e. The van der Waals surface area contributed by atoms with Crippen LogP contribution in [0.1, 0.15) is 12.7 Å². The molecule has 1 aliphatic heterocycles. The van der Waals surface area contributed by atoms with E-state index in [0.717, 1.165) is 17.6 Å². The number of benzene rings is 1. The van der Waals surface area contributed by atoms with Crippen LogP contribution in [0.4, 0.5) is 0 Å². The summed E-state index contributed by atoms with van der Waals surface area (Å²) < 4.78 is 7.34. The summed E-state index contributed by atoms with van der Waals surface area (Å²) in [6.45, 7) is 2.06. The van der Waals surface area contributed by atoms with Crippen molar-refractivity contribution in [1.82, 2.24) is 9.55 Å². The third-order valence-electron chi connectivity index (χ3n) is 3.83. The summed E-state index contributed by atoms with van der Waals surface area (Å²) in [6, 6.07) is 9.33. The number of hydrogen-bond donors (Lipinski definition) is 0. The summed E-state index contributed by atoms with van der Waals surface area (Å²) in [4.78, 5) is 16.8. The van der Waals surface area contributed by atoms with E-state index in [-0.39, 0.29) is 5.63 Å². The zero-order valence-electron chi connectivity index (χ0n) is 12.1. The van der Waals surface area contributed by atoms with Crippen molar-refractivity contribution < 1.29 is 4.42 Å². The number of fused-ring (bicyclic) bond motifs is 2. The number of aromatic nitrogens is 2. The molecule has 4 rings (SSSR count). The molecule has 22 heavy (non-hydrogen) atoms. The Kier molecular flexibility index (Phi) is 2.82. The van der Waals surface area contributed by atoms with Crippen molar-refractivity contribution in [3.05, 3.63) is 70.5 Å². The number of hydrogen-bond acceptors (Lipinski definition) is 3. The minimum absolute atomic E-state index is 0.359. The van der Waals surface area contributed by atoms with Gasteiger partial charge in [-0.05, 0) is 25.1 Å². The molecule has 0 amide bonds. The normalized spacial score (nSPS) is 13.8. The van der Waals surface area contributed by atoms with Crippen LogP contribution in [0.25, 0.3) is 28.4 Å². The van der Waals surface area contributed by atoms with Crippen LogP contribution in [0.3, 0.4) is 0 Å². The molecule has 0 radical (unpaired) electrons. The number of para-hydroxylation sites is 1. The molecule has 0 fully saturated rings. The van der Waals surface area contributed by atoms with E-state index in [1.165, 1.54) is 5.57 Å². The van der Waals surface area contributed by atoms with E-state index in [9.17, 15) is 4.79 Å². The number of rotatable bonds is 1. The molecule has 1 aromatic carbocycles. The third kappa shape index (κ3) is 2.09. The van der Waals surface area contributed by atoms with E-state index in [0.29, 0.717) is 16.8 Å². The maximum absolute atomic E-state index is 12.2. The SMILES string of the molecule is CC1=CCc2nc(-c3cc4ccccc4oc3=O)cn2C=C1. The molecule has 4 heteroatoms. The monoisotopic (exact) mass is 290 g/mol. The Hall–Kier alpha value is -2.88. The lowest BCUT2D eigenvalue weighted by Gasteiger charge is -1.99. The van der Waals surface area contributed by atoms with E-state index in [1.54, 1.807) is 6.07 Å². The zero-order chi connectivity index (χ0) is 15.1. The first-order valence-corrected chi connectivity index (χ1v) is 7.17. The smallest absolute Gasteiger partial charge is 0.345 e. The molecule has 3 heterocycles. The second kappa shape index (κ2) is 4.84. The van der Waals surface area contributed by atoms with Crippen LogP contribution in [-0.2, 0) is 6.42 Å². The summed E-state index contributed by atoms with van der Waals surface area (Å²) in [6.07, 6.45) is 8.74. The van der Waals surface area contributed by atoms with Crippen molar-refractivity contribution in [3.8, 4) is 11.3 Å².